The molecule has 1 aromatic heterocycles. The second-order valence-corrected chi connectivity index (χ2v) is 9.97. The van der Waals surface area contributed by atoms with Gasteiger partial charge in [0.1, 0.15) is 5.52 Å². The summed E-state index contributed by atoms with van der Waals surface area (Å²) in [5, 5.41) is 14.9. The smallest absolute Gasteiger partial charge is 0.293 e. The number of para-hydroxylation sites is 2. The van der Waals surface area contributed by atoms with E-state index in [2.05, 4.69) is 22.2 Å². The van der Waals surface area contributed by atoms with Crippen molar-refractivity contribution in [3.63, 3.8) is 0 Å². The Bertz CT molecular complexity index is 1850. The maximum atomic E-state index is 13.3. The molecule has 0 fully saturated rings. The number of non-ortho nitro benzene ring substituents is 1. The topological polar surface area (TPSA) is 127 Å². The number of amides is 1. The van der Waals surface area contributed by atoms with Crippen molar-refractivity contribution < 1.29 is 19.2 Å². The summed E-state index contributed by atoms with van der Waals surface area (Å²) in [5.41, 5.74) is 2.76. The largest absolute Gasteiger partial charge is 0.493 e. The van der Waals surface area contributed by atoms with Crippen LogP contribution in [0.5, 0.6) is 11.5 Å². The van der Waals surface area contributed by atoms with Gasteiger partial charge in [-0.15, -0.1) is 0 Å². The molecule has 0 aliphatic carbocycles. The van der Waals surface area contributed by atoms with Crippen LogP contribution in [-0.4, -0.2) is 48.5 Å². The van der Waals surface area contributed by atoms with E-state index in [0.717, 1.165) is 30.6 Å². The van der Waals surface area contributed by atoms with Crippen LogP contribution in [0.15, 0.2) is 83.7 Å². The number of H-pyrrole nitrogens is 1. The van der Waals surface area contributed by atoms with Crippen LogP contribution in [0.1, 0.15) is 21.5 Å². The van der Waals surface area contributed by atoms with Crippen LogP contribution in [-0.2, 0) is 13.0 Å². The van der Waals surface area contributed by atoms with E-state index in [1.165, 1.54) is 18.2 Å². The first-order valence-electron chi connectivity index (χ1n) is 13.3. The number of rotatable bonds is 10. The molecule has 1 heterocycles. The minimum atomic E-state index is -0.553. The van der Waals surface area contributed by atoms with E-state index in [-0.39, 0.29) is 38.5 Å². The van der Waals surface area contributed by atoms with E-state index in [1.54, 1.807) is 32.4 Å². The van der Waals surface area contributed by atoms with Crippen molar-refractivity contribution in [2.45, 2.75) is 13.0 Å². The number of nitrogens with zero attached hydrogens (tertiary/aromatic N) is 2. The number of carbonyl (C=O) groups excluding carboxylic acids is 1. The predicted molar refractivity (Wildman–Crippen MR) is 163 cm³/mol. The molecule has 5 aromatic rings. The predicted octanol–water partition coefficient (Wildman–Crippen LogP) is 5.53. The highest BCUT2D eigenvalue weighted by atomic mass is 16.6. The van der Waals surface area contributed by atoms with Crippen LogP contribution in [0.2, 0.25) is 0 Å². The number of hydrogen-bond donors (Lipinski definition) is 2. The number of hydrogen-bond acceptors (Lipinski definition) is 7. The summed E-state index contributed by atoms with van der Waals surface area (Å²) >= 11 is 0. The average Bonchev–Trinajstić information content (AvgIpc) is 3.00. The van der Waals surface area contributed by atoms with Crippen molar-refractivity contribution in [2.24, 2.45) is 0 Å². The summed E-state index contributed by atoms with van der Waals surface area (Å²) in [6.07, 6.45) is 0.814. The summed E-state index contributed by atoms with van der Waals surface area (Å²) in [4.78, 5) is 42.6. The molecule has 0 aliphatic heterocycles. The highest BCUT2D eigenvalue weighted by molar-refractivity contribution is 6.13. The summed E-state index contributed by atoms with van der Waals surface area (Å²) < 4.78 is 10.7. The SMILES string of the molecule is COc1ccc(CN(C)CCc2ccc(NC(=O)c3cccc4c(=O)c5cccc([N+](=O)[O-])c5[nH]c34)cc2)cc1OC. The number of aromatic nitrogens is 1. The van der Waals surface area contributed by atoms with E-state index in [4.69, 9.17) is 9.47 Å². The summed E-state index contributed by atoms with van der Waals surface area (Å²) in [6, 6.07) is 22.6. The first kappa shape index (κ1) is 28.3. The lowest BCUT2D eigenvalue weighted by molar-refractivity contribution is -0.383. The van der Waals surface area contributed by atoms with Gasteiger partial charge >= 0.3 is 0 Å². The van der Waals surface area contributed by atoms with Crippen LogP contribution in [0.4, 0.5) is 11.4 Å². The van der Waals surface area contributed by atoms with Gasteiger partial charge in [0.25, 0.3) is 11.6 Å². The van der Waals surface area contributed by atoms with E-state index in [0.29, 0.717) is 17.2 Å². The van der Waals surface area contributed by atoms with Gasteiger partial charge < -0.3 is 24.7 Å². The molecule has 214 valence electrons. The number of methoxy groups -OCH3 is 2. The molecule has 10 heteroatoms. The molecular weight excluding hydrogens is 536 g/mol. The number of nitrogens with one attached hydrogen (secondary N) is 2. The zero-order valence-electron chi connectivity index (χ0n) is 23.5. The Hall–Kier alpha value is -5.22. The van der Waals surface area contributed by atoms with Gasteiger partial charge in [-0.2, -0.15) is 0 Å². The fourth-order valence-corrected chi connectivity index (χ4v) is 4.99. The van der Waals surface area contributed by atoms with Crippen LogP contribution in [0.25, 0.3) is 21.8 Å². The average molecular weight is 567 g/mol. The fraction of sp³-hybridized carbons (Fsp3) is 0.188. The molecule has 5 rings (SSSR count). The van der Waals surface area contributed by atoms with E-state index in [1.807, 2.05) is 42.5 Å². The number of likely N-dealkylation sites (N-methyl/N-ethyl adjacent to an activating group) is 1. The maximum Gasteiger partial charge on any atom is 0.293 e. The van der Waals surface area contributed by atoms with Crippen molar-refractivity contribution in [1.82, 2.24) is 9.88 Å². The van der Waals surface area contributed by atoms with Gasteiger partial charge in [-0.1, -0.05) is 30.3 Å². The molecule has 0 spiro atoms. The van der Waals surface area contributed by atoms with Gasteiger partial charge in [-0.05, 0) is 67.1 Å². The fourth-order valence-electron chi connectivity index (χ4n) is 4.99. The van der Waals surface area contributed by atoms with Crippen molar-refractivity contribution >= 4 is 39.1 Å². The first-order valence-corrected chi connectivity index (χ1v) is 13.3. The van der Waals surface area contributed by atoms with Gasteiger partial charge in [0.05, 0.1) is 35.6 Å². The quantitative estimate of drug-likeness (QED) is 0.129. The Balaban J connectivity index is 1.28. The van der Waals surface area contributed by atoms with Gasteiger partial charge in [0.2, 0.25) is 0 Å². The number of ether oxygens (including phenoxy) is 2. The molecule has 4 aromatic carbocycles. The molecule has 0 saturated carbocycles. The number of aromatic amines is 1. The van der Waals surface area contributed by atoms with Gasteiger partial charge in [0, 0.05) is 30.2 Å². The minimum absolute atomic E-state index is 0.0840. The third kappa shape index (κ3) is 5.79. The van der Waals surface area contributed by atoms with Crippen molar-refractivity contribution in [2.75, 3.05) is 33.1 Å². The summed E-state index contributed by atoms with van der Waals surface area (Å²) in [5.74, 6) is 0.962. The Labute approximate surface area is 241 Å². The number of benzene rings is 4. The van der Waals surface area contributed by atoms with Crippen molar-refractivity contribution in [3.05, 3.63) is 116 Å². The number of nitro benzene ring substituents is 1. The number of carbonyl (C=O) groups is 1. The molecule has 0 aliphatic rings. The molecular formula is C32H30N4O6. The number of fused-ring (bicyclic) bond motifs is 2. The molecule has 0 bridgehead atoms. The lowest BCUT2D eigenvalue weighted by atomic mass is 10.0. The van der Waals surface area contributed by atoms with E-state index >= 15 is 0 Å². The van der Waals surface area contributed by atoms with Gasteiger partial charge in [-0.3, -0.25) is 19.7 Å². The van der Waals surface area contributed by atoms with Crippen molar-refractivity contribution in [1.29, 1.82) is 0 Å². The van der Waals surface area contributed by atoms with Crippen molar-refractivity contribution in [3.8, 4) is 11.5 Å². The third-order valence-corrected chi connectivity index (χ3v) is 7.18. The Morgan fingerprint density at radius 3 is 2.26 bits per heavy atom. The van der Waals surface area contributed by atoms with Gasteiger partial charge in [0.15, 0.2) is 16.9 Å². The van der Waals surface area contributed by atoms with Crippen LogP contribution < -0.4 is 20.2 Å². The second kappa shape index (κ2) is 12.1. The molecule has 10 nitrogen and oxygen atoms in total. The lowest BCUT2D eigenvalue weighted by Crippen LogP contribution is -2.20. The minimum Gasteiger partial charge on any atom is -0.493 e. The zero-order valence-corrected chi connectivity index (χ0v) is 23.5. The molecule has 0 radical (unpaired) electrons. The monoisotopic (exact) mass is 566 g/mol. The Morgan fingerprint density at radius 1 is 0.905 bits per heavy atom. The molecule has 42 heavy (non-hydrogen) atoms. The Morgan fingerprint density at radius 2 is 1.57 bits per heavy atom. The first-order chi connectivity index (χ1) is 20.3. The highest BCUT2D eigenvalue weighted by Crippen LogP contribution is 2.28. The van der Waals surface area contributed by atoms with E-state index in [9.17, 15) is 19.7 Å². The maximum absolute atomic E-state index is 13.3. The lowest BCUT2D eigenvalue weighted by Gasteiger charge is -2.18. The molecule has 0 atom stereocenters. The summed E-state index contributed by atoms with van der Waals surface area (Å²) in [6.45, 7) is 1.57. The Kier molecular flexibility index (Phi) is 8.16. The zero-order chi connectivity index (χ0) is 29.8. The third-order valence-electron chi connectivity index (χ3n) is 7.18. The molecule has 2 N–H and O–H groups in total. The van der Waals surface area contributed by atoms with E-state index < -0.39 is 10.8 Å². The summed E-state index contributed by atoms with van der Waals surface area (Å²) in [7, 11) is 5.29. The number of nitro groups is 1. The second-order valence-electron chi connectivity index (χ2n) is 9.97. The highest BCUT2D eigenvalue weighted by Gasteiger charge is 2.19. The number of pyridine rings is 1. The van der Waals surface area contributed by atoms with Crippen LogP contribution >= 0.6 is 0 Å². The number of anilines is 1. The molecule has 0 saturated heterocycles. The normalized spacial score (nSPS) is 11.1. The van der Waals surface area contributed by atoms with Crippen LogP contribution in [0, 0.1) is 10.1 Å². The van der Waals surface area contributed by atoms with Gasteiger partial charge in [-0.25, -0.2) is 0 Å². The molecule has 1 amide bonds. The molecule has 0 unspecified atom stereocenters. The standard InChI is InChI=1S/C32H30N4O6/c1-35(19-21-12-15-27(41-2)28(18-21)42-3)17-16-20-10-13-22(14-11-20)33-32(38)25-8-4-6-23-29(25)34-30-24(31(23)37)7-5-9-26(30)36(39)40/h4-15,18H,16-17,19H2,1-3H3,(H,33,38)(H,34,37). The van der Waals surface area contributed by atoms with Crippen LogP contribution in [0.3, 0.4) is 0 Å².